The fourth-order valence-corrected chi connectivity index (χ4v) is 2.44. The molecule has 2 amide bonds. The van der Waals surface area contributed by atoms with Crippen LogP contribution in [0.25, 0.3) is 0 Å². The molecule has 0 aromatic carbocycles. The average molecular weight is 347 g/mol. The van der Waals surface area contributed by atoms with E-state index in [2.05, 4.69) is 15.5 Å². The van der Waals surface area contributed by atoms with Gasteiger partial charge in [0.05, 0.1) is 11.9 Å². The smallest absolute Gasteiger partial charge is 0.410 e. The zero-order valence-corrected chi connectivity index (χ0v) is 14.9. The number of rotatable bonds is 3. The lowest BCUT2D eigenvalue weighted by Crippen LogP contribution is -2.44. The van der Waals surface area contributed by atoms with Crippen LogP contribution in [0.15, 0.2) is 23.4 Å². The van der Waals surface area contributed by atoms with E-state index in [4.69, 9.17) is 10.5 Å². The summed E-state index contributed by atoms with van der Waals surface area (Å²) in [5.74, 6) is -0.355. The second-order valence-corrected chi connectivity index (χ2v) is 6.95. The third kappa shape index (κ3) is 5.74. The van der Waals surface area contributed by atoms with Crippen LogP contribution in [-0.4, -0.2) is 46.8 Å². The molecule has 0 spiro atoms. The van der Waals surface area contributed by atoms with E-state index < -0.39 is 5.60 Å². The van der Waals surface area contributed by atoms with Crippen molar-refractivity contribution < 1.29 is 14.3 Å². The Kier molecular flexibility index (Phi) is 5.95. The van der Waals surface area contributed by atoms with Gasteiger partial charge >= 0.3 is 6.09 Å². The van der Waals surface area contributed by atoms with E-state index in [1.165, 1.54) is 6.21 Å². The molecule has 1 aliphatic heterocycles. The van der Waals surface area contributed by atoms with E-state index >= 15 is 0 Å². The number of anilines is 1. The van der Waals surface area contributed by atoms with Gasteiger partial charge in [-0.3, -0.25) is 9.78 Å². The van der Waals surface area contributed by atoms with Crippen LogP contribution in [0.3, 0.4) is 0 Å². The van der Waals surface area contributed by atoms with E-state index in [1.54, 1.807) is 23.2 Å². The van der Waals surface area contributed by atoms with Crippen molar-refractivity contribution in [3.05, 3.63) is 24.0 Å². The Labute approximate surface area is 147 Å². The molecule has 1 saturated heterocycles. The molecule has 1 aliphatic rings. The Hall–Kier alpha value is -2.64. The van der Waals surface area contributed by atoms with Crippen LogP contribution in [0, 0.1) is 5.92 Å². The van der Waals surface area contributed by atoms with Gasteiger partial charge in [-0.05, 0) is 45.7 Å². The maximum Gasteiger partial charge on any atom is 0.410 e. The number of pyridine rings is 1. The molecule has 0 saturated carbocycles. The molecule has 2 rings (SSSR count). The minimum atomic E-state index is -0.520. The van der Waals surface area contributed by atoms with Gasteiger partial charge in [-0.25, -0.2) is 10.2 Å². The van der Waals surface area contributed by atoms with Crippen LogP contribution >= 0.6 is 0 Å². The van der Waals surface area contributed by atoms with Crippen LogP contribution < -0.4 is 11.2 Å². The minimum absolute atomic E-state index is 0.172. The van der Waals surface area contributed by atoms with Crippen LogP contribution in [0.4, 0.5) is 10.5 Å². The zero-order chi connectivity index (χ0) is 18.4. The molecule has 0 aliphatic carbocycles. The summed E-state index contributed by atoms with van der Waals surface area (Å²) in [7, 11) is 0. The molecule has 0 atom stereocenters. The quantitative estimate of drug-likeness (QED) is 0.639. The second-order valence-electron chi connectivity index (χ2n) is 6.95. The van der Waals surface area contributed by atoms with Crippen molar-refractivity contribution in [2.24, 2.45) is 11.0 Å². The predicted octanol–water partition coefficient (Wildman–Crippen LogP) is 1.76. The summed E-state index contributed by atoms with van der Waals surface area (Å²) in [6.07, 6.45) is 3.84. The van der Waals surface area contributed by atoms with Crippen molar-refractivity contribution in [2.45, 2.75) is 39.2 Å². The summed E-state index contributed by atoms with van der Waals surface area (Å²) >= 11 is 0. The van der Waals surface area contributed by atoms with Crippen molar-refractivity contribution in [2.75, 3.05) is 18.8 Å². The molecule has 8 heteroatoms. The molecule has 136 valence electrons. The SMILES string of the molecule is CC(C)(C)OC(=O)N1CCC(C(=O)N/N=C\c2ncccc2N)CC1. The number of hydrazone groups is 1. The summed E-state index contributed by atoms with van der Waals surface area (Å²) in [6, 6.07) is 3.44. The topological polar surface area (TPSA) is 110 Å². The van der Waals surface area contributed by atoms with E-state index in [-0.39, 0.29) is 17.9 Å². The third-order valence-electron chi connectivity index (χ3n) is 3.75. The van der Waals surface area contributed by atoms with Gasteiger partial charge in [0.1, 0.15) is 11.3 Å². The first-order chi connectivity index (χ1) is 11.8. The Morgan fingerprint density at radius 1 is 1.40 bits per heavy atom. The molecule has 1 fully saturated rings. The maximum absolute atomic E-state index is 12.2. The Balaban J connectivity index is 1.79. The lowest BCUT2D eigenvalue weighted by atomic mass is 9.96. The number of hydrogen-bond acceptors (Lipinski definition) is 6. The van der Waals surface area contributed by atoms with Crippen molar-refractivity contribution in [1.82, 2.24) is 15.3 Å². The first-order valence-electron chi connectivity index (χ1n) is 8.27. The fourth-order valence-electron chi connectivity index (χ4n) is 2.44. The predicted molar refractivity (Wildman–Crippen MR) is 94.9 cm³/mol. The highest BCUT2D eigenvalue weighted by atomic mass is 16.6. The van der Waals surface area contributed by atoms with Gasteiger partial charge < -0.3 is 15.4 Å². The molecule has 25 heavy (non-hydrogen) atoms. The number of nitrogen functional groups attached to an aromatic ring is 1. The van der Waals surface area contributed by atoms with Gasteiger partial charge in [-0.2, -0.15) is 5.10 Å². The number of aromatic nitrogens is 1. The van der Waals surface area contributed by atoms with E-state index in [0.717, 1.165) is 0 Å². The number of likely N-dealkylation sites (tertiary alicyclic amines) is 1. The molecular formula is C17H25N5O3. The highest BCUT2D eigenvalue weighted by molar-refractivity contribution is 5.86. The summed E-state index contributed by atoms with van der Waals surface area (Å²) in [4.78, 5) is 29.9. The lowest BCUT2D eigenvalue weighted by Gasteiger charge is -2.32. The van der Waals surface area contributed by atoms with Crippen LogP contribution in [0.2, 0.25) is 0 Å². The van der Waals surface area contributed by atoms with Gasteiger partial charge in [-0.15, -0.1) is 0 Å². The molecule has 0 unspecified atom stereocenters. The molecule has 8 nitrogen and oxygen atoms in total. The fraction of sp³-hybridized carbons (Fsp3) is 0.529. The number of piperidine rings is 1. The highest BCUT2D eigenvalue weighted by Crippen LogP contribution is 2.19. The number of amides is 2. The van der Waals surface area contributed by atoms with Gasteiger partial charge in [0.25, 0.3) is 0 Å². The molecule has 0 radical (unpaired) electrons. The number of carbonyl (C=O) groups excluding carboxylic acids is 2. The average Bonchev–Trinajstić information content (AvgIpc) is 2.55. The minimum Gasteiger partial charge on any atom is -0.444 e. The van der Waals surface area contributed by atoms with Gasteiger partial charge in [-0.1, -0.05) is 0 Å². The Bertz CT molecular complexity index is 646. The van der Waals surface area contributed by atoms with Gasteiger partial charge in [0, 0.05) is 25.2 Å². The van der Waals surface area contributed by atoms with Crippen LogP contribution in [-0.2, 0) is 9.53 Å². The van der Waals surface area contributed by atoms with Crippen molar-refractivity contribution in [3.8, 4) is 0 Å². The number of nitrogens with one attached hydrogen (secondary N) is 1. The number of carbonyl (C=O) groups is 2. The van der Waals surface area contributed by atoms with Crippen molar-refractivity contribution in [1.29, 1.82) is 0 Å². The third-order valence-corrected chi connectivity index (χ3v) is 3.75. The van der Waals surface area contributed by atoms with E-state index in [9.17, 15) is 9.59 Å². The molecule has 1 aromatic heterocycles. The lowest BCUT2D eigenvalue weighted by molar-refractivity contribution is -0.126. The number of ether oxygens (including phenoxy) is 1. The largest absolute Gasteiger partial charge is 0.444 e. The first-order valence-corrected chi connectivity index (χ1v) is 8.27. The second kappa shape index (κ2) is 7.96. The molecule has 1 aromatic rings. The summed E-state index contributed by atoms with van der Waals surface area (Å²) in [6.45, 7) is 6.47. The van der Waals surface area contributed by atoms with Crippen molar-refractivity contribution in [3.63, 3.8) is 0 Å². The maximum atomic E-state index is 12.2. The summed E-state index contributed by atoms with van der Waals surface area (Å²) < 4.78 is 5.34. The summed E-state index contributed by atoms with van der Waals surface area (Å²) in [5, 5.41) is 3.91. The van der Waals surface area contributed by atoms with Gasteiger partial charge in [0.2, 0.25) is 5.91 Å². The van der Waals surface area contributed by atoms with Crippen molar-refractivity contribution >= 4 is 23.9 Å². The van der Waals surface area contributed by atoms with E-state index in [0.29, 0.717) is 37.3 Å². The molecular weight excluding hydrogens is 322 g/mol. The molecule has 0 bridgehead atoms. The standard InChI is InChI=1S/C17H25N5O3/c1-17(2,3)25-16(24)22-9-6-12(7-10-22)15(23)21-20-11-14-13(18)5-4-8-19-14/h4-5,8,11-12H,6-7,9-10,18H2,1-3H3,(H,21,23)/b20-11-. The Morgan fingerprint density at radius 2 is 2.08 bits per heavy atom. The molecule has 2 heterocycles. The number of nitrogens with two attached hydrogens (primary N) is 1. The number of nitrogens with zero attached hydrogens (tertiary/aromatic N) is 3. The summed E-state index contributed by atoms with van der Waals surface area (Å²) in [5.41, 5.74) is 8.74. The first kappa shape index (κ1) is 18.7. The van der Waals surface area contributed by atoms with Crippen LogP contribution in [0.5, 0.6) is 0 Å². The highest BCUT2D eigenvalue weighted by Gasteiger charge is 2.29. The Morgan fingerprint density at radius 3 is 2.68 bits per heavy atom. The van der Waals surface area contributed by atoms with Gasteiger partial charge in [0.15, 0.2) is 0 Å². The number of hydrogen-bond donors (Lipinski definition) is 2. The zero-order valence-electron chi connectivity index (χ0n) is 14.9. The van der Waals surface area contributed by atoms with E-state index in [1.807, 2.05) is 20.8 Å². The normalized spacial score (nSPS) is 16.0. The monoisotopic (exact) mass is 347 g/mol. The molecule has 3 N–H and O–H groups in total. The van der Waals surface area contributed by atoms with Crippen LogP contribution in [0.1, 0.15) is 39.3 Å².